The molecule has 3 aliphatic heterocycles. The van der Waals surface area contributed by atoms with Crippen molar-refractivity contribution < 1.29 is 23.9 Å². The van der Waals surface area contributed by atoms with Crippen molar-refractivity contribution >= 4 is 52.5 Å². The normalized spacial score (nSPS) is 19.6. The van der Waals surface area contributed by atoms with Crippen molar-refractivity contribution in [2.45, 2.75) is 33.2 Å². The highest BCUT2D eigenvalue weighted by Crippen LogP contribution is 2.42. The Balaban J connectivity index is 1.56. The van der Waals surface area contributed by atoms with E-state index in [-0.39, 0.29) is 23.6 Å². The van der Waals surface area contributed by atoms with Crippen molar-refractivity contribution in [3.63, 3.8) is 0 Å². The van der Waals surface area contributed by atoms with E-state index in [1.165, 1.54) is 12.1 Å². The van der Waals surface area contributed by atoms with E-state index in [2.05, 4.69) is 37.1 Å². The molecule has 0 atom stereocenters. The third kappa shape index (κ3) is 3.74. The fourth-order valence-electron chi connectivity index (χ4n) is 4.87. The second-order valence-corrected chi connectivity index (χ2v) is 9.52. The average Bonchev–Trinajstić information content (AvgIpc) is 3.25. The van der Waals surface area contributed by atoms with Gasteiger partial charge in [-0.1, -0.05) is 17.7 Å². The van der Waals surface area contributed by atoms with Gasteiger partial charge in [-0.15, -0.1) is 0 Å². The van der Waals surface area contributed by atoms with Crippen molar-refractivity contribution in [2.75, 3.05) is 23.1 Å². The number of nitrogens with zero attached hydrogens (tertiary/aromatic N) is 2. The number of carbonyl (C=O) groups is 3. The Morgan fingerprint density at radius 1 is 1.11 bits per heavy atom. The summed E-state index contributed by atoms with van der Waals surface area (Å²) in [5, 5.41) is 2.63. The maximum absolute atomic E-state index is 13.3. The predicted molar refractivity (Wildman–Crippen MR) is 134 cm³/mol. The lowest BCUT2D eigenvalue weighted by atomic mass is 9.87. The lowest BCUT2D eigenvalue weighted by Gasteiger charge is -2.43. The van der Waals surface area contributed by atoms with Gasteiger partial charge < -0.3 is 14.4 Å². The van der Waals surface area contributed by atoms with E-state index < -0.39 is 17.8 Å². The first-order chi connectivity index (χ1) is 16.6. The van der Waals surface area contributed by atoms with Gasteiger partial charge in [-0.2, -0.15) is 0 Å². The standard InChI is InChI=1S/C26H24ClN3O5/c1-5-29-20-11-19(27)15(8-17(20)14(2)12-26(29,3)4)9-18-23(31)28-25(33)30(24(18)32)16-6-7-21-22(10-16)35-13-34-21/h6-12H,5,13H2,1-4H3,(H,28,31,33)/b18-9-. The molecule has 0 bridgehead atoms. The lowest BCUT2D eigenvalue weighted by Crippen LogP contribution is -2.54. The van der Waals surface area contributed by atoms with Crippen LogP contribution in [0.3, 0.4) is 0 Å². The van der Waals surface area contributed by atoms with Crippen LogP contribution in [0, 0.1) is 0 Å². The lowest BCUT2D eigenvalue weighted by molar-refractivity contribution is -0.122. The Morgan fingerprint density at radius 2 is 1.86 bits per heavy atom. The zero-order valence-corrected chi connectivity index (χ0v) is 20.5. The summed E-state index contributed by atoms with van der Waals surface area (Å²) in [7, 11) is 0. The second kappa shape index (κ2) is 8.16. The molecule has 0 radical (unpaired) electrons. The number of hydrogen-bond donors (Lipinski definition) is 1. The Bertz CT molecular complexity index is 1360. The van der Waals surface area contributed by atoms with Crippen molar-refractivity contribution in [2.24, 2.45) is 0 Å². The monoisotopic (exact) mass is 493 g/mol. The number of allylic oxidation sites excluding steroid dienone is 1. The van der Waals surface area contributed by atoms with Crippen LogP contribution >= 0.6 is 11.6 Å². The topological polar surface area (TPSA) is 88.2 Å². The Kier molecular flexibility index (Phi) is 5.36. The molecule has 2 aromatic rings. The number of anilines is 2. The quantitative estimate of drug-likeness (QED) is 0.490. The largest absolute Gasteiger partial charge is 0.454 e. The van der Waals surface area contributed by atoms with E-state index in [1.807, 2.05) is 19.1 Å². The fraction of sp³-hybridized carbons (Fsp3) is 0.269. The van der Waals surface area contributed by atoms with Gasteiger partial charge in [0.1, 0.15) is 5.57 Å². The van der Waals surface area contributed by atoms with Crippen molar-refractivity contribution in [3.05, 3.63) is 58.1 Å². The van der Waals surface area contributed by atoms with Crippen LogP contribution in [-0.4, -0.2) is 36.7 Å². The minimum absolute atomic E-state index is 0.0555. The number of urea groups is 1. The van der Waals surface area contributed by atoms with Gasteiger partial charge in [-0.25, -0.2) is 9.69 Å². The van der Waals surface area contributed by atoms with Crippen LogP contribution in [0.25, 0.3) is 11.6 Å². The molecule has 1 saturated heterocycles. The van der Waals surface area contributed by atoms with Crippen LogP contribution in [0.2, 0.25) is 5.02 Å². The number of fused-ring (bicyclic) bond motifs is 2. The first-order valence-corrected chi connectivity index (χ1v) is 11.6. The molecule has 1 fully saturated rings. The van der Waals surface area contributed by atoms with Crippen LogP contribution in [0.1, 0.15) is 38.8 Å². The molecule has 5 rings (SSSR count). The molecule has 35 heavy (non-hydrogen) atoms. The first kappa shape index (κ1) is 23.0. The minimum atomic E-state index is -0.841. The van der Waals surface area contributed by atoms with Gasteiger partial charge in [0.25, 0.3) is 11.8 Å². The molecule has 4 amide bonds. The van der Waals surface area contributed by atoms with Crippen LogP contribution in [0.5, 0.6) is 11.5 Å². The maximum atomic E-state index is 13.3. The number of imide groups is 2. The Hall–Kier alpha value is -3.78. The van der Waals surface area contributed by atoms with E-state index in [4.69, 9.17) is 21.1 Å². The van der Waals surface area contributed by atoms with Crippen LogP contribution < -0.4 is 24.6 Å². The van der Waals surface area contributed by atoms with Gasteiger partial charge in [0, 0.05) is 28.9 Å². The summed E-state index contributed by atoms with van der Waals surface area (Å²) in [6.07, 6.45) is 3.61. The fourth-order valence-corrected chi connectivity index (χ4v) is 5.09. The summed E-state index contributed by atoms with van der Waals surface area (Å²) in [4.78, 5) is 41.7. The minimum Gasteiger partial charge on any atom is -0.454 e. The first-order valence-electron chi connectivity index (χ1n) is 11.2. The number of hydrogen-bond acceptors (Lipinski definition) is 6. The molecule has 180 valence electrons. The molecule has 9 heteroatoms. The summed E-state index contributed by atoms with van der Waals surface area (Å²) in [6, 6.07) is 7.57. The van der Waals surface area contributed by atoms with Gasteiger partial charge in [-0.05, 0) is 69.2 Å². The summed E-state index contributed by atoms with van der Waals surface area (Å²) < 4.78 is 10.6. The molecule has 0 aromatic heterocycles. The molecule has 0 saturated carbocycles. The molecule has 3 aliphatic rings. The molecule has 8 nitrogen and oxygen atoms in total. The van der Waals surface area contributed by atoms with Gasteiger partial charge >= 0.3 is 6.03 Å². The third-order valence-electron chi connectivity index (χ3n) is 6.43. The van der Waals surface area contributed by atoms with E-state index in [0.717, 1.165) is 28.3 Å². The molecule has 0 unspecified atom stereocenters. The highest BCUT2D eigenvalue weighted by molar-refractivity contribution is 6.40. The number of carbonyl (C=O) groups excluding carboxylic acids is 3. The van der Waals surface area contributed by atoms with Gasteiger partial charge in [0.2, 0.25) is 6.79 Å². The summed E-state index contributed by atoms with van der Waals surface area (Å²) in [5.74, 6) is -0.614. The van der Waals surface area contributed by atoms with E-state index in [0.29, 0.717) is 22.1 Å². The number of ether oxygens (including phenoxy) is 2. The average molecular weight is 494 g/mol. The van der Waals surface area contributed by atoms with Gasteiger partial charge in [0.15, 0.2) is 11.5 Å². The maximum Gasteiger partial charge on any atom is 0.335 e. The molecule has 1 N–H and O–H groups in total. The molecule has 0 aliphatic carbocycles. The van der Waals surface area contributed by atoms with E-state index in [9.17, 15) is 14.4 Å². The number of halogens is 1. The Morgan fingerprint density at radius 3 is 2.60 bits per heavy atom. The number of barbiturate groups is 1. The number of rotatable bonds is 3. The molecule has 3 heterocycles. The number of nitrogens with one attached hydrogen (secondary N) is 1. The number of likely N-dealkylation sites (N-methyl/N-ethyl adjacent to an activating group) is 1. The van der Waals surface area contributed by atoms with E-state index >= 15 is 0 Å². The number of amides is 4. The van der Waals surface area contributed by atoms with Crippen molar-refractivity contribution in [1.82, 2.24) is 5.32 Å². The van der Waals surface area contributed by atoms with Crippen LogP contribution in [0.15, 0.2) is 42.0 Å². The molecular weight excluding hydrogens is 470 g/mol. The summed E-state index contributed by atoms with van der Waals surface area (Å²) >= 11 is 6.64. The summed E-state index contributed by atoms with van der Waals surface area (Å²) in [5.41, 5.74) is 3.41. The Labute approximate surface area is 207 Å². The zero-order chi connectivity index (χ0) is 25.1. The molecular formula is C26H24ClN3O5. The van der Waals surface area contributed by atoms with Gasteiger partial charge in [-0.3, -0.25) is 14.9 Å². The smallest absolute Gasteiger partial charge is 0.335 e. The third-order valence-corrected chi connectivity index (χ3v) is 6.76. The van der Waals surface area contributed by atoms with Crippen LogP contribution in [0.4, 0.5) is 16.2 Å². The second-order valence-electron chi connectivity index (χ2n) is 9.11. The zero-order valence-electron chi connectivity index (χ0n) is 19.8. The molecule has 2 aromatic carbocycles. The highest BCUT2D eigenvalue weighted by Gasteiger charge is 2.38. The highest BCUT2D eigenvalue weighted by atomic mass is 35.5. The van der Waals surface area contributed by atoms with Crippen LogP contribution in [-0.2, 0) is 9.59 Å². The predicted octanol–water partition coefficient (Wildman–Crippen LogP) is 4.76. The summed E-state index contributed by atoms with van der Waals surface area (Å²) in [6.45, 7) is 9.22. The number of benzene rings is 2. The SMILES string of the molecule is CCN1c2cc(Cl)c(/C=C3/C(=O)NC(=O)N(c4ccc5c(c4)OCO5)C3=O)cc2C(C)=CC1(C)C. The van der Waals surface area contributed by atoms with Crippen molar-refractivity contribution in [3.8, 4) is 11.5 Å². The van der Waals surface area contributed by atoms with E-state index in [1.54, 1.807) is 12.1 Å². The van der Waals surface area contributed by atoms with Gasteiger partial charge in [0.05, 0.1) is 11.2 Å². The molecule has 0 spiro atoms. The van der Waals surface area contributed by atoms with Crippen molar-refractivity contribution in [1.29, 1.82) is 0 Å².